The number of rotatable bonds is 4. The molecule has 1 aromatic carbocycles. The van der Waals surface area contributed by atoms with Gasteiger partial charge < -0.3 is 11.1 Å². The predicted octanol–water partition coefficient (Wildman–Crippen LogP) is 5.04. The van der Waals surface area contributed by atoms with Crippen molar-refractivity contribution in [2.45, 2.75) is 19.9 Å². The highest BCUT2D eigenvalue weighted by atomic mass is 79.9. The number of hydrogen-bond acceptors (Lipinski definition) is 3. The number of nitrogens with one attached hydrogen (secondary N) is 1. The van der Waals surface area contributed by atoms with Gasteiger partial charge in [0, 0.05) is 10.9 Å². The lowest BCUT2D eigenvalue weighted by molar-refractivity contribution is 0.553. The molecule has 0 spiro atoms. The smallest absolute Gasteiger partial charge is 0.139 e. The van der Waals surface area contributed by atoms with Crippen LogP contribution in [0.25, 0.3) is 0 Å². The normalized spacial score (nSPS) is 12.7. The molecule has 2 rings (SSSR count). The molecule has 2 aromatic rings. The van der Waals surface area contributed by atoms with E-state index in [2.05, 4.69) is 46.5 Å². The summed E-state index contributed by atoms with van der Waals surface area (Å²) in [6, 6.07) is 7.31. The lowest BCUT2D eigenvalue weighted by Gasteiger charge is -2.23. The Bertz CT molecular complexity index is 555. The van der Waals surface area contributed by atoms with Crippen molar-refractivity contribution in [1.82, 2.24) is 0 Å². The minimum absolute atomic E-state index is 0.166. The highest BCUT2D eigenvalue weighted by molar-refractivity contribution is 9.10. The summed E-state index contributed by atoms with van der Waals surface area (Å²) in [6.07, 6.45) is 0. The first-order valence-corrected chi connectivity index (χ1v) is 7.70. The molecule has 2 nitrogen and oxygen atoms in total. The second-order valence-corrected chi connectivity index (χ2v) is 6.57. The fourth-order valence-corrected chi connectivity index (χ4v) is 3.18. The molecule has 0 aliphatic carbocycles. The van der Waals surface area contributed by atoms with Gasteiger partial charge in [-0.25, -0.2) is 4.39 Å². The van der Waals surface area contributed by atoms with E-state index < -0.39 is 0 Å². The molecule has 3 N–H and O–H groups in total. The zero-order chi connectivity index (χ0) is 14.0. The highest BCUT2D eigenvalue weighted by Crippen LogP contribution is 2.34. The maximum absolute atomic E-state index is 13.4. The zero-order valence-corrected chi connectivity index (χ0v) is 13.2. The zero-order valence-electron chi connectivity index (χ0n) is 10.8. The van der Waals surface area contributed by atoms with E-state index in [0.29, 0.717) is 16.1 Å². The Morgan fingerprint density at radius 2 is 2.11 bits per heavy atom. The Hall–Kier alpha value is -1.07. The minimum atomic E-state index is -0.347. The highest BCUT2D eigenvalue weighted by Gasteiger charge is 2.18. The van der Waals surface area contributed by atoms with Crippen LogP contribution >= 0.6 is 27.3 Å². The molecule has 0 aliphatic heterocycles. The average Bonchev–Trinajstić information content (AvgIpc) is 2.85. The van der Waals surface area contributed by atoms with Gasteiger partial charge in [-0.05, 0) is 39.4 Å². The lowest BCUT2D eigenvalue weighted by atomic mass is 10.0. The van der Waals surface area contributed by atoms with Crippen LogP contribution in [0.1, 0.15) is 24.8 Å². The van der Waals surface area contributed by atoms with Crippen molar-refractivity contribution < 1.29 is 4.39 Å². The van der Waals surface area contributed by atoms with Gasteiger partial charge in [-0.1, -0.05) is 19.9 Å². The molecule has 0 radical (unpaired) electrons. The second kappa shape index (κ2) is 5.92. The first-order valence-electron chi connectivity index (χ1n) is 6.03. The second-order valence-electron chi connectivity index (χ2n) is 4.74. The maximum Gasteiger partial charge on any atom is 0.139 e. The van der Waals surface area contributed by atoms with Crippen LogP contribution in [0.3, 0.4) is 0 Å². The SMILES string of the molecule is CC(C)C(Nc1cc(Br)c(F)cc1N)c1cccs1. The molecule has 19 heavy (non-hydrogen) atoms. The van der Waals surface area contributed by atoms with Crippen molar-refractivity contribution in [3.8, 4) is 0 Å². The average molecular weight is 343 g/mol. The van der Waals surface area contributed by atoms with E-state index in [4.69, 9.17) is 5.73 Å². The van der Waals surface area contributed by atoms with Gasteiger partial charge >= 0.3 is 0 Å². The molecule has 0 saturated carbocycles. The first kappa shape index (κ1) is 14.3. The molecular formula is C14H16BrFN2S. The molecule has 0 aliphatic rings. The van der Waals surface area contributed by atoms with E-state index >= 15 is 0 Å². The number of thiophene rings is 1. The van der Waals surface area contributed by atoms with Gasteiger partial charge in [0.05, 0.1) is 21.9 Å². The van der Waals surface area contributed by atoms with Crippen LogP contribution < -0.4 is 11.1 Å². The monoisotopic (exact) mass is 342 g/mol. The van der Waals surface area contributed by atoms with Crippen LogP contribution in [0.2, 0.25) is 0 Å². The van der Waals surface area contributed by atoms with Gasteiger partial charge in [0.1, 0.15) is 5.82 Å². The van der Waals surface area contributed by atoms with Crippen molar-refractivity contribution >= 4 is 38.6 Å². The third-order valence-electron chi connectivity index (χ3n) is 2.92. The Labute approximate surface area is 125 Å². The summed E-state index contributed by atoms with van der Waals surface area (Å²) < 4.78 is 13.8. The molecule has 102 valence electrons. The predicted molar refractivity (Wildman–Crippen MR) is 84.0 cm³/mol. The van der Waals surface area contributed by atoms with Gasteiger partial charge in [-0.3, -0.25) is 0 Å². The van der Waals surface area contributed by atoms with E-state index in [1.807, 2.05) is 6.07 Å². The van der Waals surface area contributed by atoms with Gasteiger partial charge in [0.25, 0.3) is 0 Å². The maximum atomic E-state index is 13.4. The Morgan fingerprint density at radius 3 is 2.68 bits per heavy atom. The number of nitrogens with two attached hydrogens (primary N) is 1. The van der Waals surface area contributed by atoms with Crippen molar-refractivity contribution in [3.05, 3.63) is 44.8 Å². The van der Waals surface area contributed by atoms with Crippen LogP contribution in [0, 0.1) is 11.7 Å². The minimum Gasteiger partial charge on any atom is -0.397 e. The van der Waals surface area contributed by atoms with Crippen LogP contribution in [0.5, 0.6) is 0 Å². The van der Waals surface area contributed by atoms with E-state index in [1.165, 1.54) is 10.9 Å². The molecule has 1 aromatic heterocycles. The Kier molecular flexibility index (Phi) is 4.47. The molecule has 0 bridgehead atoms. The molecular weight excluding hydrogens is 327 g/mol. The largest absolute Gasteiger partial charge is 0.397 e. The standard InChI is InChI=1S/C14H16BrFN2S/c1-8(2)14(13-4-3-5-19-13)18-12-6-9(15)10(16)7-11(12)17/h3-8,14,18H,17H2,1-2H3. The summed E-state index contributed by atoms with van der Waals surface area (Å²) in [5.41, 5.74) is 7.04. The Morgan fingerprint density at radius 1 is 1.37 bits per heavy atom. The summed E-state index contributed by atoms with van der Waals surface area (Å²) in [5, 5.41) is 5.46. The number of benzene rings is 1. The fraction of sp³-hybridized carbons (Fsp3) is 0.286. The van der Waals surface area contributed by atoms with Crippen molar-refractivity contribution in [2.75, 3.05) is 11.1 Å². The van der Waals surface area contributed by atoms with E-state index in [9.17, 15) is 4.39 Å². The van der Waals surface area contributed by atoms with Crippen molar-refractivity contribution in [2.24, 2.45) is 5.92 Å². The summed E-state index contributed by atoms with van der Waals surface area (Å²) in [5.74, 6) is 0.0575. The van der Waals surface area contributed by atoms with E-state index in [-0.39, 0.29) is 11.9 Å². The number of halogens is 2. The molecule has 1 atom stereocenters. The topological polar surface area (TPSA) is 38.0 Å². The summed E-state index contributed by atoms with van der Waals surface area (Å²) >= 11 is 4.89. The molecule has 5 heteroatoms. The van der Waals surface area contributed by atoms with Crippen LogP contribution in [0.15, 0.2) is 34.1 Å². The molecule has 0 saturated heterocycles. The summed E-state index contributed by atoms with van der Waals surface area (Å²) in [6.45, 7) is 4.29. The van der Waals surface area contributed by atoms with Crippen LogP contribution in [0.4, 0.5) is 15.8 Å². The number of nitrogen functional groups attached to an aromatic ring is 1. The lowest BCUT2D eigenvalue weighted by Crippen LogP contribution is -2.16. The molecule has 1 unspecified atom stereocenters. The molecule has 0 fully saturated rings. The number of hydrogen-bond donors (Lipinski definition) is 2. The van der Waals surface area contributed by atoms with E-state index in [1.54, 1.807) is 17.4 Å². The Balaban J connectivity index is 2.30. The van der Waals surface area contributed by atoms with E-state index in [0.717, 1.165) is 5.69 Å². The third kappa shape index (κ3) is 3.28. The quantitative estimate of drug-likeness (QED) is 0.763. The van der Waals surface area contributed by atoms with Crippen LogP contribution in [-0.4, -0.2) is 0 Å². The third-order valence-corrected chi connectivity index (χ3v) is 4.48. The molecule has 0 amide bonds. The van der Waals surface area contributed by atoms with Crippen molar-refractivity contribution in [1.29, 1.82) is 0 Å². The first-order chi connectivity index (χ1) is 8.99. The summed E-state index contributed by atoms with van der Waals surface area (Å²) in [4.78, 5) is 1.25. The fourth-order valence-electron chi connectivity index (χ4n) is 1.89. The number of anilines is 2. The van der Waals surface area contributed by atoms with Gasteiger partial charge in [-0.15, -0.1) is 11.3 Å². The molecule has 1 heterocycles. The summed E-state index contributed by atoms with van der Waals surface area (Å²) in [7, 11) is 0. The van der Waals surface area contributed by atoms with Gasteiger partial charge in [0.15, 0.2) is 0 Å². The van der Waals surface area contributed by atoms with Gasteiger partial charge in [-0.2, -0.15) is 0 Å². The van der Waals surface area contributed by atoms with Crippen molar-refractivity contribution in [3.63, 3.8) is 0 Å². The van der Waals surface area contributed by atoms with Crippen LogP contribution in [-0.2, 0) is 0 Å². The van der Waals surface area contributed by atoms with Gasteiger partial charge in [0.2, 0.25) is 0 Å².